The van der Waals surface area contributed by atoms with Crippen molar-refractivity contribution in [2.24, 2.45) is 5.92 Å². The summed E-state index contributed by atoms with van der Waals surface area (Å²) in [6, 6.07) is 2.09. The fraction of sp³-hybridized carbons (Fsp3) is 0.600. The van der Waals surface area contributed by atoms with Gasteiger partial charge in [0.1, 0.15) is 0 Å². The molecule has 20 heavy (non-hydrogen) atoms. The molecule has 108 valence electrons. The Morgan fingerprint density at radius 2 is 2.25 bits per heavy atom. The molecular formula is C15H19NO3S. The molecule has 5 heteroatoms. The molecule has 1 fully saturated rings. The number of thiophene rings is 1. The highest BCUT2D eigenvalue weighted by Crippen LogP contribution is 2.37. The fourth-order valence-electron chi connectivity index (χ4n) is 3.28. The first kappa shape index (κ1) is 13.6. The number of methoxy groups -OCH3 is 1. The summed E-state index contributed by atoms with van der Waals surface area (Å²) in [5.41, 5.74) is 1.22. The molecule has 1 amide bonds. The molecule has 2 aliphatic rings. The average molecular weight is 293 g/mol. The van der Waals surface area contributed by atoms with Gasteiger partial charge in [0.25, 0.3) is 0 Å². The first-order valence-electron chi connectivity index (χ1n) is 7.13. The Morgan fingerprint density at radius 1 is 1.40 bits per heavy atom. The third-order valence-corrected chi connectivity index (χ3v) is 5.38. The Hall–Kier alpha value is -1.36. The van der Waals surface area contributed by atoms with Crippen LogP contribution in [-0.4, -0.2) is 37.0 Å². The Bertz CT molecular complexity index is 525. The Kier molecular flexibility index (Phi) is 3.78. The molecule has 2 heterocycles. The van der Waals surface area contributed by atoms with Crippen LogP contribution in [0.1, 0.15) is 35.6 Å². The normalized spacial score (nSPS) is 25.4. The number of hydrogen-bond acceptors (Lipinski definition) is 4. The van der Waals surface area contributed by atoms with Crippen molar-refractivity contribution in [2.45, 2.75) is 31.6 Å². The number of carbonyl (C=O) groups is 2. The molecule has 0 N–H and O–H groups in total. The van der Waals surface area contributed by atoms with E-state index in [0.29, 0.717) is 13.1 Å². The minimum absolute atomic E-state index is 0.00129. The van der Waals surface area contributed by atoms with Crippen molar-refractivity contribution in [1.82, 2.24) is 4.90 Å². The van der Waals surface area contributed by atoms with E-state index in [9.17, 15) is 9.59 Å². The number of fused-ring (bicyclic) bond motifs is 1. The molecule has 0 spiro atoms. The molecule has 2 unspecified atom stereocenters. The Balaban J connectivity index is 1.71. The lowest BCUT2D eigenvalue weighted by atomic mass is 9.87. The van der Waals surface area contributed by atoms with Gasteiger partial charge in [0.05, 0.1) is 18.9 Å². The van der Waals surface area contributed by atoms with Crippen LogP contribution in [0.4, 0.5) is 0 Å². The average Bonchev–Trinajstić information content (AvgIpc) is 3.13. The summed E-state index contributed by atoms with van der Waals surface area (Å²) >= 11 is 1.75. The maximum absolute atomic E-state index is 12.7. The van der Waals surface area contributed by atoms with Gasteiger partial charge in [-0.15, -0.1) is 11.3 Å². The molecule has 2 atom stereocenters. The van der Waals surface area contributed by atoms with Gasteiger partial charge in [0.15, 0.2) is 0 Å². The minimum Gasteiger partial charge on any atom is -0.469 e. The van der Waals surface area contributed by atoms with Crippen molar-refractivity contribution in [1.29, 1.82) is 0 Å². The fourth-order valence-corrected chi connectivity index (χ4v) is 4.27. The molecule has 1 aliphatic carbocycles. The van der Waals surface area contributed by atoms with E-state index in [1.807, 2.05) is 4.90 Å². The molecule has 1 aromatic heterocycles. The van der Waals surface area contributed by atoms with Crippen molar-refractivity contribution in [2.75, 3.05) is 20.2 Å². The van der Waals surface area contributed by atoms with Crippen molar-refractivity contribution in [3.63, 3.8) is 0 Å². The lowest BCUT2D eigenvalue weighted by Gasteiger charge is -2.26. The smallest absolute Gasteiger partial charge is 0.310 e. The van der Waals surface area contributed by atoms with Crippen LogP contribution in [-0.2, 0) is 20.7 Å². The summed E-state index contributed by atoms with van der Waals surface area (Å²) in [6.45, 7) is 1.19. The number of amides is 1. The van der Waals surface area contributed by atoms with Crippen LogP contribution in [0.5, 0.6) is 0 Å². The van der Waals surface area contributed by atoms with Gasteiger partial charge in [0, 0.05) is 18.0 Å². The van der Waals surface area contributed by atoms with Gasteiger partial charge in [-0.2, -0.15) is 0 Å². The highest BCUT2D eigenvalue weighted by molar-refractivity contribution is 7.10. The van der Waals surface area contributed by atoms with Crippen LogP contribution in [0.15, 0.2) is 11.4 Å². The summed E-state index contributed by atoms with van der Waals surface area (Å²) in [4.78, 5) is 27.5. The predicted octanol–water partition coefficient (Wildman–Crippen LogP) is 2.19. The zero-order valence-electron chi connectivity index (χ0n) is 11.6. The topological polar surface area (TPSA) is 46.6 Å². The maximum atomic E-state index is 12.7. The third-order valence-electron chi connectivity index (χ3n) is 4.38. The molecule has 4 nitrogen and oxygen atoms in total. The van der Waals surface area contributed by atoms with Gasteiger partial charge in [-0.1, -0.05) is 0 Å². The van der Waals surface area contributed by atoms with E-state index in [-0.39, 0.29) is 23.7 Å². The highest BCUT2D eigenvalue weighted by Gasteiger charge is 2.36. The summed E-state index contributed by atoms with van der Waals surface area (Å²) in [5.74, 6) is -0.146. The number of aryl methyl sites for hydroxylation is 1. The molecule has 0 radical (unpaired) electrons. The van der Waals surface area contributed by atoms with Crippen LogP contribution in [0.2, 0.25) is 0 Å². The minimum atomic E-state index is -0.194. The van der Waals surface area contributed by atoms with Crippen LogP contribution in [0, 0.1) is 5.92 Å². The van der Waals surface area contributed by atoms with Gasteiger partial charge >= 0.3 is 5.97 Å². The van der Waals surface area contributed by atoms with E-state index < -0.39 is 0 Å². The molecule has 1 saturated heterocycles. The predicted molar refractivity (Wildman–Crippen MR) is 76.7 cm³/mol. The molecule has 3 rings (SSSR count). The molecule has 1 aliphatic heterocycles. The Labute approximate surface area is 122 Å². The second-order valence-corrected chi connectivity index (χ2v) is 6.54. The zero-order chi connectivity index (χ0) is 14.1. The zero-order valence-corrected chi connectivity index (χ0v) is 12.4. The van der Waals surface area contributed by atoms with E-state index >= 15 is 0 Å². The molecule has 0 aromatic carbocycles. The van der Waals surface area contributed by atoms with Crippen molar-refractivity contribution >= 4 is 23.2 Å². The van der Waals surface area contributed by atoms with Gasteiger partial charge in [-0.05, 0) is 42.7 Å². The standard InChI is InChI=1S/C15H19NO3S/c1-19-15(18)10-5-7-16(9-10)14(17)12-3-2-4-13-11(12)6-8-20-13/h6,8,10,12H,2-5,7,9H2,1H3. The number of rotatable bonds is 2. The van der Waals surface area contributed by atoms with Gasteiger partial charge in [0.2, 0.25) is 5.91 Å². The van der Waals surface area contributed by atoms with Crippen LogP contribution >= 0.6 is 11.3 Å². The van der Waals surface area contributed by atoms with E-state index in [1.54, 1.807) is 11.3 Å². The lowest BCUT2D eigenvalue weighted by molar-refractivity contribution is -0.145. The number of nitrogens with zero attached hydrogens (tertiary/aromatic N) is 1. The number of carbonyl (C=O) groups excluding carboxylic acids is 2. The second-order valence-electron chi connectivity index (χ2n) is 5.54. The van der Waals surface area contributed by atoms with E-state index in [0.717, 1.165) is 25.7 Å². The van der Waals surface area contributed by atoms with Crippen molar-refractivity contribution in [3.05, 3.63) is 21.9 Å². The number of ether oxygens (including phenoxy) is 1. The summed E-state index contributed by atoms with van der Waals surface area (Å²) < 4.78 is 4.78. The van der Waals surface area contributed by atoms with E-state index in [4.69, 9.17) is 4.74 Å². The van der Waals surface area contributed by atoms with Crippen LogP contribution in [0.3, 0.4) is 0 Å². The largest absolute Gasteiger partial charge is 0.469 e. The molecular weight excluding hydrogens is 274 g/mol. The number of hydrogen-bond donors (Lipinski definition) is 0. The van der Waals surface area contributed by atoms with Crippen LogP contribution < -0.4 is 0 Å². The first-order chi connectivity index (χ1) is 9.70. The monoisotopic (exact) mass is 293 g/mol. The number of likely N-dealkylation sites (tertiary alicyclic amines) is 1. The lowest BCUT2D eigenvalue weighted by Crippen LogP contribution is -2.35. The quantitative estimate of drug-likeness (QED) is 0.785. The number of esters is 1. The van der Waals surface area contributed by atoms with E-state index in [2.05, 4.69) is 11.4 Å². The maximum Gasteiger partial charge on any atom is 0.310 e. The summed E-state index contributed by atoms with van der Waals surface area (Å²) in [7, 11) is 1.41. The van der Waals surface area contributed by atoms with Crippen LogP contribution in [0.25, 0.3) is 0 Å². The molecule has 0 bridgehead atoms. The van der Waals surface area contributed by atoms with Gasteiger partial charge in [-0.3, -0.25) is 9.59 Å². The van der Waals surface area contributed by atoms with Crippen molar-refractivity contribution in [3.8, 4) is 0 Å². The van der Waals surface area contributed by atoms with E-state index in [1.165, 1.54) is 17.6 Å². The first-order valence-corrected chi connectivity index (χ1v) is 8.01. The molecule has 0 saturated carbocycles. The SMILES string of the molecule is COC(=O)C1CCN(C(=O)C2CCCc3sccc32)C1. The van der Waals surface area contributed by atoms with Crippen molar-refractivity contribution < 1.29 is 14.3 Å². The van der Waals surface area contributed by atoms with Gasteiger partial charge < -0.3 is 9.64 Å². The summed E-state index contributed by atoms with van der Waals surface area (Å²) in [5, 5.41) is 2.08. The highest BCUT2D eigenvalue weighted by atomic mass is 32.1. The molecule has 1 aromatic rings. The second kappa shape index (κ2) is 5.56. The summed E-state index contributed by atoms with van der Waals surface area (Å²) in [6.07, 6.45) is 3.84. The van der Waals surface area contributed by atoms with Gasteiger partial charge in [-0.25, -0.2) is 0 Å². The third kappa shape index (κ3) is 2.35. The Morgan fingerprint density at radius 3 is 3.05 bits per heavy atom.